The number of carbonyl (C=O) groups is 3. The van der Waals surface area contributed by atoms with Gasteiger partial charge in [0.25, 0.3) is 5.91 Å². The molecule has 264 valence electrons. The molecular formula is C38H52N6O5. The zero-order chi connectivity index (χ0) is 35.0. The Labute approximate surface area is 290 Å². The third-order valence-corrected chi connectivity index (χ3v) is 8.99. The maximum absolute atomic E-state index is 12.7. The number of nitrogens with one attached hydrogen (secondary N) is 2. The number of rotatable bonds is 18. The number of benzene rings is 3. The molecule has 0 atom stereocenters. The predicted molar refractivity (Wildman–Crippen MR) is 195 cm³/mol. The van der Waals surface area contributed by atoms with Crippen molar-refractivity contribution >= 4 is 29.3 Å². The number of ether oxygens (including phenoxy) is 1. The number of likely N-dealkylation sites (N-methyl/N-ethyl adjacent to an activating group) is 1. The molecule has 0 saturated carbocycles. The lowest BCUT2D eigenvalue weighted by atomic mass is 9.98. The van der Waals surface area contributed by atoms with Crippen LogP contribution >= 0.6 is 0 Å². The highest BCUT2D eigenvalue weighted by Gasteiger charge is 2.30. The summed E-state index contributed by atoms with van der Waals surface area (Å²) in [5, 5.41) is 16.6. The molecule has 11 heteroatoms. The number of nitrogens with zero attached hydrogens (tertiary/aromatic N) is 4. The lowest BCUT2D eigenvalue weighted by molar-refractivity contribution is -0.131. The van der Waals surface area contributed by atoms with Gasteiger partial charge in [-0.3, -0.25) is 14.5 Å². The van der Waals surface area contributed by atoms with Gasteiger partial charge < -0.3 is 35.2 Å². The number of carbonyl (C=O) groups excluding carboxylic acids is 2. The molecule has 3 amide bonds. The molecule has 0 bridgehead atoms. The normalized spacial score (nSPS) is 13.5. The maximum Gasteiger partial charge on any atom is 0.412 e. The number of amides is 3. The second-order valence-electron chi connectivity index (χ2n) is 12.5. The van der Waals surface area contributed by atoms with E-state index >= 15 is 0 Å². The van der Waals surface area contributed by atoms with Crippen LogP contribution in [-0.2, 0) is 9.53 Å². The van der Waals surface area contributed by atoms with Crippen LogP contribution in [-0.4, -0.2) is 124 Å². The average molecular weight is 673 g/mol. The van der Waals surface area contributed by atoms with E-state index in [-0.39, 0.29) is 17.9 Å². The smallest absolute Gasteiger partial charge is 0.412 e. The van der Waals surface area contributed by atoms with E-state index in [1.807, 2.05) is 100 Å². The van der Waals surface area contributed by atoms with Crippen LogP contribution in [0.2, 0.25) is 0 Å². The van der Waals surface area contributed by atoms with Gasteiger partial charge in [0.05, 0.1) is 25.3 Å². The van der Waals surface area contributed by atoms with Gasteiger partial charge in [0.2, 0.25) is 5.91 Å². The van der Waals surface area contributed by atoms with Gasteiger partial charge in [-0.15, -0.1) is 0 Å². The minimum atomic E-state index is -0.938. The highest BCUT2D eigenvalue weighted by atomic mass is 16.5. The third-order valence-electron chi connectivity index (χ3n) is 8.99. The fraction of sp³-hybridized carbons (Fsp3) is 0.447. The maximum atomic E-state index is 12.7. The Morgan fingerprint density at radius 3 is 2.24 bits per heavy atom. The Kier molecular flexibility index (Phi) is 14.9. The Morgan fingerprint density at radius 2 is 1.55 bits per heavy atom. The molecule has 3 N–H and O–H groups in total. The largest absolute Gasteiger partial charge is 0.465 e. The van der Waals surface area contributed by atoms with Gasteiger partial charge in [0.1, 0.15) is 0 Å². The molecule has 1 aliphatic rings. The van der Waals surface area contributed by atoms with Crippen LogP contribution < -0.4 is 15.5 Å². The fourth-order valence-corrected chi connectivity index (χ4v) is 6.08. The minimum absolute atomic E-state index is 0.00825. The van der Waals surface area contributed by atoms with Gasteiger partial charge in [-0.25, -0.2) is 4.79 Å². The number of carboxylic acid groups (broad SMARTS) is 1. The van der Waals surface area contributed by atoms with E-state index in [4.69, 9.17) is 4.74 Å². The topological polar surface area (TPSA) is 118 Å². The highest BCUT2D eigenvalue weighted by Crippen LogP contribution is 2.34. The van der Waals surface area contributed by atoms with Crippen molar-refractivity contribution in [2.75, 3.05) is 90.4 Å². The zero-order valence-electron chi connectivity index (χ0n) is 29.1. The quantitative estimate of drug-likeness (QED) is 0.163. The summed E-state index contributed by atoms with van der Waals surface area (Å²) >= 11 is 0. The Bertz CT molecular complexity index is 1460. The summed E-state index contributed by atoms with van der Waals surface area (Å²) in [6, 6.07) is 24.9. The Morgan fingerprint density at radius 1 is 0.857 bits per heavy atom. The molecule has 4 rings (SSSR count). The van der Waals surface area contributed by atoms with Crippen LogP contribution in [0.3, 0.4) is 0 Å². The summed E-state index contributed by atoms with van der Waals surface area (Å²) in [6.45, 7) is 5.87. The predicted octanol–water partition coefficient (Wildman–Crippen LogP) is 4.96. The van der Waals surface area contributed by atoms with E-state index in [2.05, 4.69) is 15.5 Å². The first-order valence-electron chi connectivity index (χ1n) is 17.2. The second kappa shape index (κ2) is 19.5. The molecule has 0 spiro atoms. The monoisotopic (exact) mass is 672 g/mol. The molecule has 1 fully saturated rings. The van der Waals surface area contributed by atoms with E-state index in [1.165, 1.54) is 4.90 Å². The van der Waals surface area contributed by atoms with Gasteiger partial charge in [-0.1, -0.05) is 48.5 Å². The van der Waals surface area contributed by atoms with Crippen LogP contribution in [0.4, 0.5) is 16.2 Å². The second-order valence-corrected chi connectivity index (χ2v) is 12.5. The molecule has 1 aliphatic heterocycles. The van der Waals surface area contributed by atoms with Gasteiger partial charge in [0.15, 0.2) is 0 Å². The number of likely N-dealkylation sites (tertiary alicyclic amines) is 1. The summed E-state index contributed by atoms with van der Waals surface area (Å²) < 4.78 is 5.70. The van der Waals surface area contributed by atoms with E-state index in [9.17, 15) is 19.5 Å². The molecule has 1 saturated heterocycles. The number of anilines is 2. The van der Waals surface area contributed by atoms with E-state index in [0.29, 0.717) is 50.5 Å². The van der Waals surface area contributed by atoms with Gasteiger partial charge in [-0.05, 0) is 68.8 Å². The van der Waals surface area contributed by atoms with Crippen molar-refractivity contribution < 1.29 is 24.2 Å². The van der Waals surface area contributed by atoms with Crippen molar-refractivity contribution in [1.29, 1.82) is 0 Å². The van der Waals surface area contributed by atoms with Crippen LogP contribution in [0, 0.1) is 0 Å². The van der Waals surface area contributed by atoms with E-state index in [1.54, 1.807) is 9.80 Å². The number of para-hydroxylation sites is 1. The van der Waals surface area contributed by atoms with Crippen LogP contribution in [0.1, 0.15) is 36.0 Å². The van der Waals surface area contributed by atoms with Crippen molar-refractivity contribution in [3.63, 3.8) is 0 Å². The van der Waals surface area contributed by atoms with Crippen molar-refractivity contribution in [3.8, 4) is 11.1 Å². The fourth-order valence-electron chi connectivity index (χ4n) is 6.08. The SMILES string of the molecule is CNCCCN(C)C(=O)c1ccc(NCCOCCC(=O)N(C)CCN2CCC(N(C(=O)O)c3ccccc3-c3ccccc3)CC2)cc1. The molecule has 11 nitrogen and oxygen atoms in total. The summed E-state index contributed by atoms with van der Waals surface area (Å²) in [4.78, 5) is 45.1. The molecular weight excluding hydrogens is 620 g/mol. The highest BCUT2D eigenvalue weighted by molar-refractivity contribution is 5.94. The van der Waals surface area contributed by atoms with Crippen molar-refractivity contribution in [1.82, 2.24) is 20.0 Å². The summed E-state index contributed by atoms with van der Waals surface area (Å²) in [7, 11) is 5.54. The lowest BCUT2D eigenvalue weighted by Gasteiger charge is -2.38. The molecule has 0 aliphatic carbocycles. The van der Waals surface area contributed by atoms with Gasteiger partial charge in [0, 0.05) is 76.2 Å². The van der Waals surface area contributed by atoms with Gasteiger partial charge in [-0.2, -0.15) is 0 Å². The molecule has 3 aromatic rings. The number of hydrogen-bond donors (Lipinski definition) is 3. The molecule has 3 aromatic carbocycles. The van der Waals surface area contributed by atoms with Crippen LogP contribution in [0.15, 0.2) is 78.9 Å². The third kappa shape index (κ3) is 11.3. The first-order valence-corrected chi connectivity index (χ1v) is 17.2. The molecule has 1 heterocycles. The van der Waals surface area contributed by atoms with E-state index in [0.717, 1.165) is 62.3 Å². The molecule has 0 unspecified atom stereocenters. The van der Waals surface area contributed by atoms with Crippen LogP contribution in [0.25, 0.3) is 11.1 Å². The number of piperidine rings is 1. The summed E-state index contributed by atoms with van der Waals surface area (Å²) in [5.74, 6) is 0.0440. The average Bonchev–Trinajstić information content (AvgIpc) is 3.13. The minimum Gasteiger partial charge on any atom is -0.465 e. The molecule has 0 radical (unpaired) electrons. The van der Waals surface area contributed by atoms with Crippen molar-refractivity contribution in [3.05, 3.63) is 84.4 Å². The summed E-state index contributed by atoms with van der Waals surface area (Å²) in [6.07, 6.45) is 1.73. The number of hydrogen-bond acceptors (Lipinski definition) is 7. The van der Waals surface area contributed by atoms with Gasteiger partial charge >= 0.3 is 6.09 Å². The lowest BCUT2D eigenvalue weighted by Crippen LogP contribution is -2.48. The standard InChI is InChI=1S/C38H52N6O5/c1-39-21-9-23-42(3)37(46)31-14-16-32(17-15-31)40-22-29-49-28-20-36(45)41(2)26-27-43-24-18-33(19-25-43)44(38(47)48)35-13-8-7-12-34(35)30-10-5-4-6-11-30/h4-8,10-17,33,39-40H,9,18-29H2,1-3H3,(H,47,48). The van der Waals surface area contributed by atoms with E-state index < -0.39 is 6.09 Å². The van der Waals surface area contributed by atoms with Crippen molar-refractivity contribution in [2.45, 2.75) is 31.7 Å². The zero-order valence-corrected chi connectivity index (χ0v) is 29.1. The first-order chi connectivity index (χ1) is 23.8. The van der Waals surface area contributed by atoms with Crippen LogP contribution in [0.5, 0.6) is 0 Å². The molecule has 0 aromatic heterocycles. The first kappa shape index (κ1) is 37.4. The molecule has 49 heavy (non-hydrogen) atoms. The summed E-state index contributed by atoms with van der Waals surface area (Å²) in [5.41, 5.74) is 4.18. The Balaban J connectivity index is 1.11. The van der Waals surface area contributed by atoms with Crippen molar-refractivity contribution in [2.24, 2.45) is 0 Å². The Hall–Kier alpha value is -4.45.